The number of hydrogen-bond acceptors (Lipinski definition) is 9. The summed E-state index contributed by atoms with van der Waals surface area (Å²) in [6.45, 7) is 5.20. The Hall–Kier alpha value is -2.98. The van der Waals surface area contributed by atoms with Crippen molar-refractivity contribution < 1.29 is 31.5 Å². The number of hydrogen-bond donors (Lipinski definition) is 1. The fourth-order valence-electron chi connectivity index (χ4n) is 3.94. The van der Waals surface area contributed by atoms with Crippen LogP contribution in [0.4, 0.5) is 25.1 Å². The number of aromatic nitrogens is 3. The van der Waals surface area contributed by atoms with Gasteiger partial charge in [0.25, 0.3) is 10.0 Å². The van der Waals surface area contributed by atoms with Crippen LogP contribution >= 0.6 is 22.9 Å². The van der Waals surface area contributed by atoms with Gasteiger partial charge >= 0.3 is 6.09 Å². The number of halogens is 3. The number of nitrogens with zero attached hydrogens (tertiary/aromatic N) is 4. The van der Waals surface area contributed by atoms with E-state index in [1.165, 1.54) is 17.0 Å². The summed E-state index contributed by atoms with van der Waals surface area (Å²) in [5, 5.41) is 9.01. The molecule has 0 radical (unpaired) electrons. The fraction of sp³-hybridized carbons (Fsp3) is 0.370. The van der Waals surface area contributed by atoms with Crippen LogP contribution in [0.25, 0.3) is 10.9 Å². The van der Waals surface area contributed by atoms with Crippen molar-refractivity contribution in [3.63, 3.8) is 0 Å². The molecule has 2 aromatic heterocycles. The molecule has 1 amide bonds. The minimum absolute atomic E-state index is 0.00670. The maximum Gasteiger partial charge on any atom is 0.430 e. The first-order chi connectivity index (χ1) is 20.2. The number of benzene rings is 2. The van der Waals surface area contributed by atoms with Crippen LogP contribution in [-0.4, -0.2) is 59.7 Å². The minimum atomic E-state index is -4.85. The predicted octanol–water partition coefficient (Wildman–Crippen LogP) is 6.02. The molecule has 0 atom stereocenters. The Morgan fingerprint density at radius 2 is 1.95 bits per heavy atom. The molecule has 0 saturated heterocycles. The number of sulfonamides is 1. The van der Waals surface area contributed by atoms with E-state index in [1.54, 1.807) is 37.7 Å². The normalized spacial score (nSPS) is 12.2. The molecule has 0 aliphatic carbocycles. The third-order valence-electron chi connectivity index (χ3n) is 5.88. The first kappa shape index (κ1) is 32.9. The molecule has 16 heteroatoms. The largest absolute Gasteiger partial charge is 0.443 e. The van der Waals surface area contributed by atoms with Crippen molar-refractivity contribution >= 4 is 72.4 Å². The van der Waals surface area contributed by atoms with E-state index in [9.17, 15) is 13.2 Å². The first-order valence-electron chi connectivity index (χ1n) is 12.8. The summed E-state index contributed by atoms with van der Waals surface area (Å²) < 4.78 is 70.4. The molecule has 0 bridgehead atoms. The number of carbonyl (C=O) groups excluding carboxylic acids is 1. The number of fused-ring (bicyclic) bond motifs is 1. The summed E-state index contributed by atoms with van der Waals surface area (Å²) in [6.07, 6.45) is 4.56. The standard InChI is InChI=1S/C27H31ClF2N5O5S3/c1-27(2,3)40-26(36)35(24-14-41-15-32-24)43(37,38)23-10-19(28)22(11-21(23)30)31-13-18-20(29)7-6-17-12-33-34(25(17)18)16-39-8-9-42(4)5/h6-7,10-12,14-15,31H,8-9,13,16H2,1-5H3/q+1. The lowest BCUT2D eigenvalue weighted by atomic mass is 10.1. The highest BCUT2D eigenvalue weighted by molar-refractivity contribution is 7.95. The molecule has 10 nitrogen and oxygen atoms in total. The Morgan fingerprint density at radius 1 is 1.21 bits per heavy atom. The molecule has 0 spiro atoms. The average molecular weight is 675 g/mol. The highest BCUT2D eigenvalue weighted by Crippen LogP contribution is 2.33. The predicted molar refractivity (Wildman–Crippen MR) is 166 cm³/mol. The summed E-state index contributed by atoms with van der Waals surface area (Å²) >= 11 is 7.43. The zero-order valence-corrected chi connectivity index (χ0v) is 27.3. The van der Waals surface area contributed by atoms with Crippen molar-refractivity contribution in [3.8, 4) is 0 Å². The van der Waals surface area contributed by atoms with Gasteiger partial charge in [0.1, 0.15) is 34.6 Å². The lowest BCUT2D eigenvalue weighted by Gasteiger charge is -2.26. The van der Waals surface area contributed by atoms with Crippen molar-refractivity contribution in [2.45, 2.75) is 44.5 Å². The second-order valence-corrected chi connectivity index (χ2v) is 15.8. The minimum Gasteiger partial charge on any atom is -0.443 e. The van der Waals surface area contributed by atoms with Gasteiger partial charge in [0.2, 0.25) is 0 Å². The van der Waals surface area contributed by atoms with Gasteiger partial charge in [0.15, 0.2) is 5.82 Å². The first-order valence-corrected chi connectivity index (χ1v) is 17.8. The van der Waals surface area contributed by atoms with Gasteiger partial charge < -0.3 is 14.8 Å². The lowest BCUT2D eigenvalue weighted by Crippen LogP contribution is -2.41. The van der Waals surface area contributed by atoms with E-state index in [-0.39, 0.29) is 50.6 Å². The SMILES string of the molecule is C[S+](C)CCOCn1ncc2ccc(F)c(CNc3cc(F)c(S(=O)(=O)N(C(=O)OC(C)(C)C)c4cscn4)cc3Cl)c21. The third-order valence-corrected chi connectivity index (χ3v) is 9.44. The summed E-state index contributed by atoms with van der Waals surface area (Å²) in [6, 6.07) is 4.64. The summed E-state index contributed by atoms with van der Waals surface area (Å²) in [4.78, 5) is 16.0. The molecule has 0 aliphatic rings. The number of amides is 1. The molecule has 232 valence electrons. The van der Waals surface area contributed by atoms with Crippen molar-refractivity contribution in [3.05, 3.63) is 63.6 Å². The average Bonchev–Trinajstić information content (AvgIpc) is 3.57. The zero-order valence-electron chi connectivity index (χ0n) is 24.1. The van der Waals surface area contributed by atoms with Gasteiger partial charge in [-0.05, 0) is 55.9 Å². The second kappa shape index (κ2) is 13.3. The van der Waals surface area contributed by atoms with Crippen molar-refractivity contribution in [1.82, 2.24) is 14.8 Å². The maximum absolute atomic E-state index is 15.5. The van der Waals surface area contributed by atoms with E-state index in [2.05, 4.69) is 27.9 Å². The van der Waals surface area contributed by atoms with Crippen LogP contribution < -0.4 is 9.62 Å². The number of rotatable bonds is 11. The van der Waals surface area contributed by atoms with Gasteiger partial charge in [-0.3, -0.25) is 0 Å². The molecule has 1 N–H and O–H groups in total. The molecular formula is C27H31ClF2N5O5S3+. The Labute approximate surface area is 260 Å². The molecule has 0 saturated carbocycles. The Balaban J connectivity index is 1.62. The number of thiazole rings is 1. The van der Waals surface area contributed by atoms with E-state index in [1.807, 2.05) is 0 Å². The van der Waals surface area contributed by atoms with Gasteiger partial charge in [-0.15, -0.1) is 15.6 Å². The molecule has 4 aromatic rings. The summed E-state index contributed by atoms with van der Waals surface area (Å²) in [5.74, 6) is -1.10. The van der Waals surface area contributed by atoms with Crippen LogP contribution in [0.5, 0.6) is 0 Å². The number of carbonyl (C=O) groups is 1. The van der Waals surface area contributed by atoms with Crippen LogP contribution in [0, 0.1) is 11.6 Å². The van der Waals surface area contributed by atoms with Crippen LogP contribution in [0.1, 0.15) is 26.3 Å². The van der Waals surface area contributed by atoms with Gasteiger partial charge in [-0.2, -0.15) is 5.10 Å². The van der Waals surface area contributed by atoms with E-state index in [0.717, 1.165) is 29.2 Å². The molecule has 0 unspecified atom stereocenters. The number of anilines is 2. The molecule has 2 aromatic carbocycles. The van der Waals surface area contributed by atoms with Gasteiger partial charge in [-0.1, -0.05) is 11.6 Å². The van der Waals surface area contributed by atoms with Gasteiger partial charge in [-0.25, -0.2) is 31.7 Å². The van der Waals surface area contributed by atoms with E-state index in [4.69, 9.17) is 21.1 Å². The Bertz CT molecular complexity index is 1710. The van der Waals surface area contributed by atoms with E-state index >= 15 is 8.78 Å². The molecular weight excluding hydrogens is 644 g/mol. The quantitative estimate of drug-likeness (QED) is 0.152. The van der Waals surface area contributed by atoms with Crippen molar-refractivity contribution in [2.24, 2.45) is 0 Å². The monoisotopic (exact) mass is 674 g/mol. The third kappa shape index (κ3) is 7.76. The van der Waals surface area contributed by atoms with E-state index < -0.39 is 38.2 Å². The molecule has 2 heterocycles. The van der Waals surface area contributed by atoms with E-state index in [0.29, 0.717) is 17.5 Å². The van der Waals surface area contributed by atoms with Crippen molar-refractivity contribution in [2.75, 3.05) is 34.5 Å². The second-order valence-electron chi connectivity index (χ2n) is 10.5. The molecule has 0 fully saturated rings. The van der Waals surface area contributed by atoms with Crippen LogP contribution in [0.15, 0.2) is 46.2 Å². The fourth-order valence-corrected chi connectivity index (χ4v) is 6.62. The van der Waals surface area contributed by atoms with Crippen molar-refractivity contribution in [1.29, 1.82) is 0 Å². The summed E-state index contributed by atoms with van der Waals surface area (Å²) in [7, 11) is -4.64. The molecule has 43 heavy (non-hydrogen) atoms. The Kier molecular flexibility index (Phi) is 10.2. The topological polar surface area (TPSA) is 116 Å². The Morgan fingerprint density at radius 3 is 2.60 bits per heavy atom. The lowest BCUT2D eigenvalue weighted by molar-refractivity contribution is 0.0608. The number of nitrogens with one attached hydrogen (secondary N) is 1. The summed E-state index contributed by atoms with van der Waals surface area (Å²) in [5.41, 5.74) is 1.01. The van der Waals surface area contributed by atoms with Crippen LogP contribution in [0.2, 0.25) is 5.02 Å². The van der Waals surface area contributed by atoms with Crippen LogP contribution in [-0.2, 0) is 43.7 Å². The molecule has 4 rings (SSSR count). The van der Waals surface area contributed by atoms with Gasteiger partial charge in [0.05, 0.1) is 47.1 Å². The molecule has 0 aliphatic heterocycles. The number of ether oxygens (including phenoxy) is 2. The van der Waals surface area contributed by atoms with Gasteiger partial charge in [0, 0.05) is 22.9 Å². The smallest absolute Gasteiger partial charge is 0.430 e. The van der Waals surface area contributed by atoms with Crippen LogP contribution in [0.3, 0.4) is 0 Å². The maximum atomic E-state index is 15.5. The highest BCUT2D eigenvalue weighted by Gasteiger charge is 2.38. The highest BCUT2D eigenvalue weighted by atomic mass is 35.5. The zero-order chi connectivity index (χ0) is 31.5.